The number of aromatic amines is 1. The maximum Gasteiger partial charge on any atom is 0.294 e. The molecule has 4 nitrogen and oxygen atoms in total. The van der Waals surface area contributed by atoms with Crippen LogP contribution in [0.2, 0.25) is 0 Å². The molecule has 0 aliphatic heterocycles. The molecule has 10 heavy (non-hydrogen) atoms. The van der Waals surface area contributed by atoms with Crippen LogP contribution in [0.1, 0.15) is 5.69 Å². The Labute approximate surface area is 62.7 Å². The van der Waals surface area contributed by atoms with Crippen LogP contribution in [-0.2, 0) is 9.05 Å². The van der Waals surface area contributed by atoms with Gasteiger partial charge in [0.1, 0.15) is 0 Å². The summed E-state index contributed by atoms with van der Waals surface area (Å²) < 4.78 is 21.0. The lowest BCUT2D eigenvalue weighted by Gasteiger charge is -1.84. The van der Waals surface area contributed by atoms with Gasteiger partial charge in [-0.05, 0) is 6.92 Å². The van der Waals surface area contributed by atoms with Gasteiger partial charge < -0.3 is 4.98 Å². The Balaban J connectivity index is 3.21. The lowest BCUT2D eigenvalue weighted by molar-refractivity contribution is 0.602. The highest BCUT2D eigenvalue weighted by molar-refractivity contribution is 8.13. The van der Waals surface area contributed by atoms with Gasteiger partial charge in [0.05, 0.1) is 0 Å². The first-order chi connectivity index (χ1) is 4.50. The van der Waals surface area contributed by atoms with Gasteiger partial charge in [0, 0.05) is 22.6 Å². The van der Waals surface area contributed by atoms with Crippen LogP contribution in [0.3, 0.4) is 0 Å². The van der Waals surface area contributed by atoms with Crippen molar-refractivity contribution >= 4 is 19.7 Å². The molecular formula is C4H5ClN2O2S. The Morgan fingerprint density at radius 2 is 2.30 bits per heavy atom. The minimum absolute atomic E-state index is 0.202. The summed E-state index contributed by atoms with van der Waals surface area (Å²) in [7, 11) is 1.27. The first kappa shape index (κ1) is 7.56. The Hall–Kier alpha value is -0.550. The van der Waals surface area contributed by atoms with E-state index in [1.807, 2.05) is 0 Å². The maximum absolute atomic E-state index is 10.5. The lowest BCUT2D eigenvalue weighted by atomic mass is 10.6. The van der Waals surface area contributed by atoms with E-state index in [0.717, 1.165) is 0 Å². The van der Waals surface area contributed by atoms with Gasteiger partial charge in [-0.25, -0.2) is 13.4 Å². The van der Waals surface area contributed by atoms with E-state index in [4.69, 9.17) is 10.7 Å². The summed E-state index contributed by atoms with van der Waals surface area (Å²) in [6.07, 6.45) is 1.40. The zero-order chi connectivity index (χ0) is 7.78. The molecule has 0 amide bonds. The SMILES string of the molecule is Cc1cnc(S(=O)(=O)Cl)[nH]1. The minimum Gasteiger partial charge on any atom is -0.332 e. The summed E-state index contributed by atoms with van der Waals surface area (Å²) in [5.41, 5.74) is 0.666. The summed E-state index contributed by atoms with van der Waals surface area (Å²) in [4.78, 5) is 6.00. The van der Waals surface area contributed by atoms with Crippen molar-refractivity contribution in [2.24, 2.45) is 0 Å². The van der Waals surface area contributed by atoms with Crippen LogP contribution in [0.4, 0.5) is 0 Å². The molecule has 0 fully saturated rings. The van der Waals surface area contributed by atoms with Gasteiger partial charge in [0.2, 0.25) is 5.16 Å². The number of imidazole rings is 1. The number of H-pyrrole nitrogens is 1. The van der Waals surface area contributed by atoms with Crippen molar-refractivity contribution in [3.05, 3.63) is 11.9 Å². The third kappa shape index (κ3) is 1.48. The van der Waals surface area contributed by atoms with Gasteiger partial charge in [0.15, 0.2) is 0 Å². The van der Waals surface area contributed by atoms with E-state index in [2.05, 4.69) is 9.97 Å². The third-order valence-electron chi connectivity index (χ3n) is 0.911. The summed E-state index contributed by atoms with van der Waals surface area (Å²) in [6.45, 7) is 1.69. The number of aromatic nitrogens is 2. The molecule has 0 aliphatic rings. The lowest BCUT2D eigenvalue weighted by Crippen LogP contribution is -1.92. The number of halogens is 1. The highest BCUT2D eigenvalue weighted by Crippen LogP contribution is 2.08. The fourth-order valence-electron chi connectivity index (χ4n) is 0.513. The van der Waals surface area contributed by atoms with Crippen LogP contribution >= 0.6 is 10.7 Å². The van der Waals surface area contributed by atoms with Gasteiger partial charge >= 0.3 is 0 Å². The standard InChI is InChI=1S/C4H5ClN2O2S/c1-3-2-6-4(7-3)10(5,8)9/h2H,1H3,(H,6,7). The first-order valence-electron chi connectivity index (χ1n) is 2.46. The molecule has 1 aromatic heterocycles. The molecule has 0 radical (unpaired) electrons. The van der Waals surface area contributed by atoms with Gasteiger partial charge in [-0.3, -0.25) is 0 Å². The van der Waals surface area contributed by atoms with Crippen LogP contribution in [0.5, 0.6) is 0 Å². The van der Waals surface area contributed by atoms with Crippen LogP contribution in [-0.4, -0.2) is 18.4 Å². The first-order valence-corrected chi connectivity index (χ1v) is 4.77. The minimum atomic E-state index is -3.68. The van der Waals surface area contributed by atoms with E-state index in [9.17, 15) is 8.42 Å². The molecule has 0 spiro atoms. The van der Waals surface area contributed by atoms with Crippen LogP contribution < -0.4 is 0 Å². The average Bonchev–Trinajstić information content (AvgIpc) is 2.11. The van der Waals surface area contributed by atoms with Crippen LogP contribution in [0.25, 0.3) is 0 Å². The Morgan fingerprint density at radius 1 is 1.70 bits per heavy atom. The maximum atomic E-state index is 10.5. The van der Waals surface area contributed by atoms with E-state index in [-0.39, 0.29) is 5.16 Å². The predicted octanol–water partition coefficient (Wildman–Crippen LogP) is 0.646. The predicted molar refractivity (Wildman–Crippen MR) is 36.4 cm³/mol. The van der Waals surface area contributed by atoms with Gasteiger partial charge in [-0.15, -0.1) is 0 Å². The molecule has 56 valence electrons. The molecule has 0 saturated heterocycles. The highest BCUT2D eigenvalue weighted by Gasteiger charge is 2.12. The molecule has 0 atom stereocenters. The van der Waals surface area contributed by atoms with Crippen LogP contribution in [0.15, 0.2) is 11.4 Å². The molecule has 1 heterocycles. The number of hydrogen-bond acceptors (Lipinski definition) is 3. The van der Waals surface area contributed by atoms with Crippen LogP contribution in [0, 0.1) is 6.92 Å². The van der Waals surface area contributed by atoms with E-state index in [0.29, 0.717) is 5.69 Å². The van der Waals surface area contributed by atoms with E-state index in [1.54, 1.807) is 6.92 Å². The zero-order valence-electron chi connectivity index (χ0n) is 5.13. The third-order valence-corrected chi connectivity index (χ3v) is 2.02. The number of aryl methyl sites for hydroxylation is 1. The second-order valence-corrected chi connectivity index (χ2v) is 4.29. The normalized spacial score (nSPS) is 11.8. The van der Waals surface area contributed by atoms with Gasteiger partial charge in [-0.2, -0.15) is 0 Å². The molecule has 0 aliphatic carbocycles. The fourth-order valence-corrected chi connectivity index (χ4v) is 1.21. The van der Waals surface area contributed by atoms with Crippen molar-refractivity contribution in [1.29, 1.82) is 0 Å². The molecule has 0 unspecified atom stereocenters. The second kappa shape index (κ2) is 2.25. The zero-order valence-corrected chi connectivity index (χ0v) is 6.70. The second-order valence-electron chi connectivity index (χ2n) is 1.81. The molecule has 0 saturated carbocycles. The number of hydrogen-bond donors (Lipinski definition) is 1. The Morgan fingerprint density at radius 3 is 2.50 bits per heavy atom. The van der Waals surface area contributed by atoms with Gasteiger partial charge in [0.25, 0.3) is 9.05 Å². The molecule has 1 rings (SSSR count). The molecule has 0 bridgehead atoms. The summed E-state index contributed by atoms with van der Waals surface area (Å²) in [5, 5.41) is -0.202. The van der Waals surface area contributed by atoms with Crippen molar-refractivity contribution in [1.82, 2.24) is 9.97 Å². The van der Waals surface area contributed by atoms with Crippen molar-refractivity contribution in [2.75, 3.05) is 0 Å². The number of nitrogens with one attached hydrogen (secondary N) is 1. The smallest absolute Gasteiger partial charge is 0.294 e. The average molecular weight is 181 g/mol. The number of rotatable bonds is 1. The highest BCUT2D eigenvalue weighted by atomic mass is 35.7. The fraction of sp³-hybridized carbons (Fsp3) is 0.250. The van der Waals surface area contributed by atoms with Crippen molar-refractivity contribution < 1.29 is 8.42 Å². The summed E-state index contributed by atoms with van der Waals surface area (Å²) in [6, 6.07) is 0. The largest absolute Gasteiger partial charge is 0.332 e. The van der Waals surface area contributed by atoms with E-state index < -0.39 is 9.05 Å². The Bertz CT molecular complexity index is 329. The van der Waals surface area contributed by atoms with Crippen molar-refractivity contribution in [3.8, 4) is 0 Å². The van der Waals surface area contributed by atoms with Gasteiger partial charge in [-0.1, -0.05) is 0 Å². The summed E-state index contributed by atoms with van der Waals surface area (Å²) >= 11 is 0. The van der Waals surface area contributed by atoms with Crippen molar-refractivity contribution in [2.45, 2.75) is 12.1 Å². The number of nitrogens with zero attached hydrogens (tertiary/aromatic N) is 1. The van der Waals surface area contributed by atoms with Crippen molar-refractivity contribution in [3.63, 3.8) is 0 Å². The Kier molecular flexibility index (Phi) is 1.70. The molecule has 6 heteroatoms. The molecule has 0 aromatic carbocycles. The van der Waals surface area contributed by atoms with E-state index >= 15 is 0 Å². The topological polar surface area (TPSA) is 62.8 Å². The molecule has 1 N–H and O–H groups in total. The molecule has 1 aromatic rings. The summed E-state index contributed by atoms with van der Waals surface area (Å²) in [5.74, 6) is 0. The quantitative estimate of drug-likeness (QED) is 0.646. The van der Waals surface area contributed by atoms with E-state index in [1.165, 1.54) is 6.20 Å². The molecular weight excluding hydrogens is 176 g/mol. The monoisotopic (exact) mass is 180 g/mol.